The van der Waals surface area contributed by atoms with E-state index in [1.54, 1.807) is 0 Å². The van der Waals surface area contributed by atoms with Gasteiger partial charge in [-0.15, -0.1) is 0 Å². The molecular weight excluding hydrogens is 420 g/mol. The molecule has 0 aliphatic carbocycles. The Labute approximate surface area is 208 Å². The van der Waals surface area contributed by atoms with Crippen LogP contribution in [0.5, 0.6) is 0 Å². The molecule has 34 heavy (non-hydrogen) atoms. The third-order valence-corrected chi connectivity index (χ3v) is 6.76. The third-order valence-electron chi connectivity index (χ3n) is 6.76. The van der Waals surface area contributed by atoms with Gasteiger partial charge in [-0.3, -0.25) is 0 Å². The van der Waals surface area contributed by atoms with Crippen LogP contribution in [-0.4, -0.2) is 23.4 Å². The SMILES string of the molecule is OCCCCCCCCCC[n+]1ccc(-c2cc[n+](CCCCCCCCCCO)cc2)cc1. The van der Waals surface area contributed by atoms with Gasteiger partial charge in [-0.2, -0.15) is 0 Å². The average Bonchev–Trinajstić information content (AvgIpc) is 2.87. The average molecular weight is 471 g/mol. The third kappa shape index (κ3) is 13.2. The number of pyridine rings is 2. The van der Waals surface area contributed by atoms with Gasteiger partial charge < -0.3 is 10.2 Å². The number of aliphatic hydroxyl groups is 2. The van der Waals surface area contributed by atoms with Crippen LogP contribution in [0.1, 0.15) is 103 Å². The lowest BCUT2D eigenvalue weighted by Gasteiger charge is -2.03. The van der Waals surface area contributed by atoms with Gasteiger partial charge in [-0.1, -0.05) is 64.2 Å². The Kier molecular flexibility index (Phi) is 16.3. The molecule has 4 nitrogen and oxygen atoms in total. The number of aliphatic hydroxyl groups excluding tert-OH is 2. The largest absolute Gasteiger partial charge is 0.396 e. The molecule has 0 bridgehead atoms. The van der Waals surface area contributed by atoms with Gasteiger partial charge in [0, 0.05) is 50.3 Å². The fraction of sp³-hybridized carbons (Fsp3) is 0.667. The van der Waals surface area contributed by atoms with Crippen molar-refractivity contribution in [1.29, 1.82) is 0 Å². The van der Waals surface area contributed by atoms with Gasteiger partial charge in [0.25, 0.3) is 0 Å². The van der Waals surface area contributed by atoms with E-state index in [1.165, 1.54) is 101 Å². The van der Waals surface area contributed by atoms with Crippen LogP contribution < -0.4 is 9.13 Å². The monoisotopic (exact) mass is 470 g/mol. The van der Waals surface area contributed by atoms with Crippen molar-refractivity contribution in [3.05, 3.63) is 49.1 Å². The number of rotatable bonds is 21. The van der Waals surface area contributed by atoms with E-state index in [0.29, 0.717) is 13.2 Å². The van der Waals surface area contributed by atoms with Crippen LogP contribution in [0.3, 0.4) is 0 Å². The lowest BCUT2D eigenvalue weighted by molar-refractivity contribution is -0.697. The predicted octanol–water partition coefficient (Wildman–Crippen LogP) is 6.15. The fourth-order valence-corrected chi connectivity index (χ4v) is 4.53. The lowest BCUT2D eigenvalue weighted by Crippen LogP contribution is -2.33. The van der Waals surface area contributed by atoms with Crippen LogP contribution in [0.15, 0.2) is 49.1 Å². The molecule has 4 heteroatoms. The van der Waals surface area contributed by atoms with Crippen molar-refractivity contribution in [2.24, 2.45) is 0 Å². The second kappa shape index (κ2) is 19.5. The topological polar surface area (TPSA) is 48.2 Å². The first-order valence-electron chi connectivity index (χ1n) is 14.0. The smallest absolute Gasteiger partial charge is 0.169 e. The second-order valence-electron chi connectivity index (χ2n) is 9.75. The standard InChI is InChI=1S/C30H50N2O2/c33-27-15-11-7-3-1-5-9-13-21-31-23-17-29(18-24-31)30-19-25-32(26-20-30)22-14-10-6-2-4-8-12-16-28-34/h17-20,23-26,33-34H,1-16,21-22,27-28H2/q+2. The molecule has 0 amide bonds. The van der Waals surface area contributed by atoms with Crippen molar-refractivity contribution < 1.29 is 19.3 Å². The first-order chi connectivity index (χ1) is 16.8. The van der Waals surface area contributed by atoms with Crippen molar-refractivity contribution in [3.8, 4) is 11.1 Å². The molecule has 2 rings (SSSR count). The highest BCUT2D eigenvalue weighted by atomic mass is 16.3. The summed E-state index contributed by atoms with van der Waals surface area (Å²) in [6.45, 7) is 2.88. The Morgan fingerprint density at radius 3 is 0.941 bits per heavy atom. The minimum absolute atomic E-state index is 0.342. The van der Waals surface area contributed by atoms with E-state index < -0.39 is 0 Å². The summed E-state index contributed by atoms with van der Waals surface area (Å²) in [6.07, 6.45) is 28.7. The summed E-state index contributed by atoms with van der Waals surface area (Å²) in [5, 5.41) is 17.6. The fourth-order valence-electron chi connectivity index (χ4n) is 4.53. The minimum Gasteiger partial charge on any atom is -0.396 e. The Bertz CT molecular complexity index is 652. The van der Waals surface area contributed by atoms with Gasteiger partial charge in [-0.25, -0.2) is 9.13 Å². The molecule has 0 aliphatic heterocycles. The van der Waals surface area contributed by atoms with Crippen molar-refractivity contribution in [2.45, 2.75) is 116 Å². The summed E-state index contributed by atoms with van der Waals surface area (Å²) in [7, 11) is 0. The molecule has 2 aromatic rings. The van der Waals surface area contributed by atoms with E-state index in [1.807, 2.05) is 0 Å². The van der Waals surface area contributed by atoms with Crippen LogP contribution in [0.4, 0.5) is 0 Å². The van der Waals surface area contributed by atoms with Crippen molar-refractivity contribution in [2.75, 3.05) is 13.2 Å². The number of unbranched alkanes of at least 4 members (excludes halogenated alkanes) is 14. The maximum atomic E-state index is 8.80. The number of aryl methyl sites for hydroxylation is 2. The van der Waals surface area contributed by atoms with E-state index in [2.05, 4.69) is 58.2 Å². The van der Waals surface area contributed by atoms with Crippen LogP contribution >= 0.6 is 0 Å². The summed E-state index contributed by atoms with van der Waals surface area (Å²) < 4.78 is 4.61. The molecule has 0 radical (unpaired) electrons. The zero-order valence-corrected chi connectivity index (χ0v) is 21.5. The zero-order valence-electron chi connectivity index (χ0n) is 21.5. The van der Waals surface area contributed by atoms with E-state index in [0.717, 1.165) is 25.9 Å². The minimum atomic E-state index is 0.342. The molecule has 0 aromatic carbocycles. The highest BCUT2D eigenvalue weighted by Gasteiger charge is 2.06. The summed E-state index contributed by atoms with van der Waals surface area (Å²) in [5.74, 6) is 0. The number of hydrogen-bond acceptors (Lipinski definition) is 2. The van der Waals surface area contributed by atoms with Gasteiger partial charge in [0.05, 0.1) is 0 Å². The first kappa shape index (κ1) is 28.5. The van der Waals surface area contributed by atoms with E-state index in [-0.39, 0.29) is 0 Å². The molecule has 0 unspecified atom stereocenters. The molecule has 0 saturated heterocycles. The van der Waals surface area contributed by atoms with E-state index >= 15 is 0 Å². The Hall–Kier alpha value is -1.78. The second-order valence-corrected chi connectivity index (χ2v) is 9.75. The van der Waals surface area contributed by atoms with Crippen molar-refractivity contribution in [3.63, 3.8) is 0 Å². The number of hydrogen-bond donors (Lipinski definition) is 2. The molecule has 0 saturated carbocycles. The van der Waals surface area contributed by atoms with Gasteiger partial charge in [0.1, 0.15) is 13.1 Å². The van der Waals surface area contributed by atoms with Crippen LogP contribution in [0, 0.1) is 0 Å². The van der Waals surface area contributed by atoms with Gasteiger partial charge >= 0.3 is 0 Å². The Morgan fingerprint density at radius 2 is 0.647 bits per heavy atom. The summed E-state index contributed by atoms with van der Waals surface area (Å²) in [6, 6.07) is 8.95. The first-order valence-corrected chi connectivity index (χ1v) is 14.0. The van der Waals surface area contributed by atoms with Gasteiger partial charge in [0.2, 0.25) is 0 Å². The molecule has 0 atom stereocenters. The Balaban J connectivity index is 1.57. The van der Waals surface area contributed by atoms with Crippen LogP contribution in [0.25, 0.3) is 11.1 Å². The molecule has 2 heterocycles. The normalized spacial score (nSPS) is 11.2. The zero-order chi connectivity index (χ0) is 24.1. The quantitative estimate of drug-likeness (QED) is 0.170. The molecule has 0 fully saturated rings. The maximum Gasteiger partial charge on any atom is 0.169 e. The number of aromatic nitrogens is 2. The summed E-state index contributed by atoms with van der Waals surface area (Å²) in [5.41, 5.74) is 2.57. The predicted molar refractivity (Wildman–Crippen MR) is 140 cm³/mol. The summed E-state index contributed by atoms with van der Waals surface area (Å²) >= 11 is 0. The van der Waals surface area contributed by atoms with Crippen molar-refractivity contribution in [1.82, 2.24) is 0 Å². The Morgan fingerprint density at radius 1 is 0.382 bits per heavy atom. The van der Waals surface area contributed by atoms with E-state index in [9.17, 15) is 0 Å². The molecule has 0 aliphatic rings. The van der Waals surface area contributed by atoms with Crippen LogP contribution in [-0.2, 0) is 13.1 Å². The molecule has 2 N–H and O–H groups in total. The van der Waals surface area contributed by atoms with E-state index in [4.69, 9.17) is 10.2 Å². The maximum absolute atomic E-state index is 8.80. The number of nitrogens with zero attached hydrogens (tertiary/aromatic N) is 2. The van der Waals surface area contributed by atoms with Crippen LogP contribution in [0.2, 0.25) is 0 Å². The molecular formula is C30H50N2O2+2. The van der Waals surface area contributed by atoms with Gasteiger partial charge in [0.15, 0.2) is 24.8 Å². The summed E-state index contributed by atoms with van der Waals surface area (Å²) in [4.78, 5) is 0. The van der Waals surface area contributed by atoms with Gasteiger partial charge in [-0.05, 0) is 36.8 Å². The highest BCUT2D eigenvalue weighted by molar-refractivity contribution is 5.60. The highest BCUT2D eigenvalue weighted by Crippen LogP contribution is 2.16. The lowest BCUT2D eigenvalue weighted by atomic mass is 10.1. The molecule has 0 spiro atoms. The molecule has 2 aromatic heterocycles. The molecule has 190 valence electrons. The van der Waals surface area contributed by atoms with Crippen molar-refractivity contribution >= 4 is 0 Å².